The molecule has 0 radical (unpaired) electrons. The zero-order chi connectivity index (χ0) is 14.8. The van der Waals surface area contributed by atoms with Gasteiger partial charge in [0.15, 0.2) is 0 Å². The number of carbonyl (C=O) groups is 1. The lowest BCUT2D eigenvalue weighted by molar-refractivity contribution is -0.138. The van der Waals surface area contributed by atoms with Crippen molar-refractivity contribution in [3.8, 4) is 0 Å². The van der Waals surface area contributed by atoms with Gasteiger partial charge in [-0.25, -0.2) is 0 Å². The molecule has 0 aliphatic heterocycles. The van der Waals surface area contributed by atoms with Crippen molar-refractivity contribution in [1.82, 2.24) is 0 Å². The Morgan fingerprint density at radius 2 is 2.15 bits per heavy atom. The highest BCUT2D eigenvalue weighted by Crippen LogP contribution is 2.47. The lowest BCUT2D eigenvalue weighted by Crippen LogP contribution is -2.37. The van der Waals surface area contributed by atoms with Gasteiger partial charge in [-0.1, -0.05) is 18.6 Å². The van der Waals surface area contributed by atoms with Gasteiger partial charge >= 0.3 is 5.97 Å². The second-order valence-electron chi connectivity index (χ2n) is 5.75. The van der Waals surface area contributed by atoms with E-state index in [1.165, 1.54) is 5.57 Å². The van der Waals surface area contributed by atoms with Crippen LogP contribution in [0.1, 0.15) is 39.0 Å². The number of allylic oxidation sites excluding steroid dienone is 2. The Balaban J connectivity index is 2.25. The molecule has 2 aliphatic rings. The standard InChI is InChI=1S/C16H24O4/c1-4-16(20-3)10-12(7-8-14(16)19-2)13(9-15(17)18)11-5-6-11/h7-8,11,13H,4-6,9-10H2,1-3H3,(H,17,18). The monoisotopic (exact) mass is 280 g/mol. The maximum Gasteiger partial charge on any atom is 0.303 e. The maximum atomic E-state index is 11.1. The fourth-order valence-electron chi connectivity index (χ4n) is 3.22. The summed E-state index contributed by atoms with van der Waals surface area (Å²) in [6.45, 7) is 2.07. The molecule has 0 bridgehead atoms. The smallest absolute Gasteiger partial charge is 0.303 e. The highest BCUT2D eigenvalue weighted by Gasteiger charge is 2.42. The molecule has 1 N–H and O–H groups in total. The highest BCUT2D eigenvalue weighted by atomic mass is 16.5. The van der Waals surface area contributed by atoms with Gasteiger partial charge in [0.05, 0.1) is 13.5 Å². The van der Waals surface area contributed by atoms with Crippen LogP contribution in [0.2, 0.25) is 0 Å². The molecule has 0 aromatic carbocycles. The molecule has 0 spiro atoms. The summed E-state index contributed by atoms with van der Waals surface area (Å²) < 4.78 is 11.2. The molecule has 2 atom stereocenters. The Bertz CT molecular complexity index is 428. The molecule has 0 saturated heterocycles. The van der Waals surface area contributed by atoms with Crippen LogP contribution in [0, 0.1) is 11.8 Å². The van der Waals surface area contributed by atoms with Crippen LogP contribution in [0.4, 0.5) is 0 Å². The van der Waals surface area contributed by atoms with Gasteiger partial charge in [-0.2, -0.15) is 0 Å². The molecule has 0 amide bonds. The molecule has 2 unspecified atom stereocenters. The normalized spacial score (nSPS) is 27.6. The Hall–Kier alpha value is -1.29. The number of methoxy groups -OCH3 is 2. The molecule has 20 heavy (non-hydrogen) atoms. The predicted molar refractivity (Wildman–Crippen MR) is 76.3 cm³/mol. The predicted octanol–water partition coefficient (Wildman–Crippen LogP) is 3.14. The number of carboxylic acid groups (broad SMARTS) is 1. The van der Waals surface area contributed by atoms with E-state index in [1.807, 2.05) is 12.2 Å². The largest absolute Gasteiger partial charge is 0.498 e. The van der Waals surface area contributed by atoms with E-state index in [9.17, 15) is 4.79 Å². The Morgan fingerprint density at radius 1 is 1.45 bits per heavy atom. The first kappa shape index (κ1) is 15.1. The second-order valence-corrected chi connectivity index (χ2v) is 5.75. The van der Waals surface area contributed by atoms with Gasteiger partial charge in [0.25, 0.3) is 0 Å². The van der Waals surface area contributed by atoms with Gasteiger partial charge in [0.2, 0.25) is 0 Å². The molecule has 4 nitrogen and oxygen atoms in total. The fourth-order valence-corrected chi connectivity index (χ4v) is 3.22. The van der Waals surface area contributed by atoms with Gasteiger partial charge in [-0.3, -0.25) is 4.79 Å². The average molecular weight is 280 g/mol. The Morgan fingerprint density at radius 3 is 2.60 bits per heavy atom. The van der Waals surface area contributed by atoms with E-state index >= 15 is 0 Å². The zero-order valence-electron chi connectivity index (χ0n) is 12.5. The summed E-state index contributed by atoms with van der Waals surface area (Å²) in [5.41, 5.74) is 0.754. The molecule has 2 rings (SSSR count). The summed E-state index contributed by atoms with van der Waals surface area (Å²) in [6, 6.07) is 0. The molecule has 0 aromatic heterocycles. The SMILES string of the molecule is CCC1(OC)CC(C(CC(=O)O)C2CC2)=CC=C1OC. The summed E-state index contributed by atoms with van der Waals surface area (Å²) >= 11 is 0. The van der Waals surface area contributed by atoms with Crippen LogP contribution < -0.4 is 0 Å². The Labute approximate surface area is 120 Å². The first-order valence-electron chi connectivity index (χ1n) is 7.28. The van der Waals surface area contributed by atoms with Crippen molar-refractivity contribution in [2.45, 2.75) is 44.6 Å². The van der Waals surface area contributed by atoms with E-state index in [0.29, 0.717) is 5.92 Å². The molecule has 2 aliphatic carbocycles. The number of ether oxygens (including phenoxy) is 2. The van der Waals surface area contributed by atoms with Crippen LogP contribution in [0.15, 0.2) is 23.5 Å². The molecule has 1 fully saturated rings. The summed E-state index contributed by atoms with van der Waals surface area (Å²) in [5, 5.41) is 9.14. The van der Waals surface area contributed by atoms with Gasteiger partial charge in [0, 0.05) is 13.5 Å². The van der Waals surface area contributed by atoms with Crippen LogP contribution in [-0.4, -0.2) is 30.9 Å². The minimum Gasteiger partial charge on any atom is -0.498 e. The second kappa shape index (κ2) is 6.00. The number of rotatable bonds is 7. The number of aliphatic carboxylic acids is 1. The molecule has 0 aromatic rings. The number of hydrogen-bond acceptors (Lipinski definition) is 3. The van der Waals surface area contributed by atoms with E-state index in [-0.39, 0.29) is 12.3 Å². The summed E-state index contributed by atoms with van der Waals surface area (Å²) in [4.78, 5) is 11.1. The summed E-state index contributed by atoms with van der Waals surface area (Å²) in [6.07, 6.45) is 8.03. The van der Waals surface area contributed by atoms with Crippen LogP contribution in [-0.2, 0) is 14.3 Å². The van der Waals surface area contributed by atoms with Gasteiger partial charge in [-0.05, 0) is 37.2 Å². The third-order valence-corrected chi connectivity index (χ3v) is 4.63. The molecular weight excluding hydrogens is 256 g/mol. The summed E-state index contributed by atoms with van der Waals surface area (Å²) in [7, 11) is 3.35. The van der Waals surface area contributed by atoms with Gasteiger partial charge in [0.1, 0.15) is 11.4 Å². The van der Waals surface area contributed by atoms with Crippen molar-refractivity contribution in [2.75, 3.05) is 14.2 Å². The Kier molecular flexibility index (Phi) is 4.53. The van der Waals surface area contributed by atoms with Crippen molar-refractivity contribution >= 4 is 5.97 Å². The molecule has 112 valence electrons. The van der Waals surface area contributed by atoms with E-state index in [1.54, 1.807) is 14.2 Å². The van der Waals surface area contributed by atoms with Crippen molar-refractivity contribution in [2.24, 2.45) is 11.8 Å². The topological polar surface area (TPSA) is 55.8 Å². The van der Waals surface area contributed by atoms with Crippen molar-refractivity contribution in [3.63, 3.8) is 0 Å². The van der Waals surface area contributed by atoms with E-state index in [4.69, 9.17) is 14.6 Å². The number of carboxylic acids is 1. The van der Waals surface area contributed by atoms with Crippen LogP contribution in [0.3, 0.4) is 0 Å². The third kappa shape index (κ3) is 2.90. The lowest BCUT2D eigenvalue weighted by atomic mass is 9.78. The van der Waals surface area contributed by atoms with Crippen molar-refractivity contribution < 1.29 is 19.4 Å². The van der Waals surface area contributed by atoms with E-state index < -0.39 is 11.6 Å². The van der Waals surface area contributed by atoms with E-state index in [2.05, 4.69) is 6.92 Å². The first-order valence-corrected chi connectivity index (χ1v) is 7.28. The van der Waals surface area contributed by atoms with Gasteiger partial charge < -0.3 is 14.6 Å². The maximum absolute atomic E-state index is 11.1. The van der Waals surface area contributed by atoms with Crippen LogP contribution in [0.5, 0.6) is 0 Å². The van der Waals surface area contributed by atoms with Crippen molar-refractivity contribution in [1.29, 1.82) is 0 Å². The van der Waals surface area contributed by atoms with Gasteiger partial charge in [-0.15, -0.1) is 0 Å². The van der Waals surface area contributed by atoms with Crippen molar-refractivity contribution in [3.05, 3.63) is 23.5 Å². The highest BCUT2D eigenvalue weighted by molar-refractivity contribution is 5.67. The minimum absolute atomic E-state index is 0.142. The first-order chi connectivity index (χ1) is 9.56. The van der Waals surface area contributed by atoms with E-state index in [0.717, 1.165) is 31.4 Å². The minimum atomic E-state index is -0.719. The summed E-state index contributed by atoms with van der Waals surface area (Å²) in [5.74, 6) is 0.782. The van der Waals surface area contributed by atoms with Crippen LogP contribution >= 0.6 is 0 Å². The molecular formula is C16H24O4. The zero-order valence-corrected chi connectivity index (χ0v) is 12.5. The lowest BCUT2D eigenvalue weighted by Gasteiger charge is -2.37. The molecule has 0 heterocycles. The van der Waals surface area contributed by atoms with Crippen LogP contribution in [0.25, 0.3) is 0 Å². The third-order valence-electron chi connectivity index (χ3n) is 4.63. The molecule has 4 heteroatoms. The fraction of sp³-hybridized carbons (Fsp3) is 0.688. The quantitative estimate of drug-likeness (QED) is 0.778. The average Bonchev–Trinajstić information content (AvgIpc) is 3.28. The molecule has 1 saturated carbocycles. The number of hydrogen-bond donors (Lipinski definition) is 1.